The fourth-order valence-corrected chi connectivity index (χ4v) is 7.99. The summed E-state index contributed by atoms with van der Waals surface area (Å²) in [5, 5.41) is 3.37. The first-order valence-corrected chi connectivity index (χ1v) is 21.2. The van der Waals surface area contributed by atoms with Crippen LogP contribution in [0.4, 0.5) is 0 Å². The third kappa shape index (κ3) is 8.50. The van der Waals surface area contributed by atoms with Gasteiger partial charge in [-0.1, -0.05) is 130 Å². The van der Waals surface area contributed by atoms with Crippen LogP contribution >= 0.6 is 0 Å². The number of fused-ring (bicyclic) bond motifs is 3. The molecule has 3 nitrogen and oxygen atoms in total. The van der Waals surface area contributed by atoms with Crippen molar-refractivity contribution >= 4 is 35.2 Å². The van der Waals surface area contributed by atoms with Crippen LogP contribution in [0.5, 0.6) is 0 Å². The summed E-state index contributed by atoms with van der Waals surface area (Å²) in [5.74, 6) is -1.49. The molecule has 8 rings (SSSR count). The zero-order chi connectivity index (χ0) is 38.1. The quantitative estimate of drug-likeness (QED) is 0.118. The molecular formula is C48H44IrN2OSi-2. The van der Waals surface area contributed by atoms with E-state index in [9.17, 15) is 1.37 Å². The van der Waals surface area contributed by atoms with Gasteiger partial charge in [0, 0.05) is 46.5 Å². The molecule has 0 saturated carbocycles. The van der Waals surface area contributed by atoms with Crippen LogP contribution in [0.1, 0.15) is 52.0 Å². The van der Waals surface area contributed by atoms with E-state index in [1.807, 2.05) is 124 Å². The Labute approximate surface area is 331 Å². The van der Waals surface area contributed by atoms with Gasteiger partial charge in [0.1, 0.15) is 5.58 Å². The van der Waals surface area contributed by atoms with E-state index >= 15 is 0 Å². The largest absolute Gasteiger partial charge is 0.500 e. The Kier molecular flexibility index (Phi) is 10.9. The van der Waals surface area contributed by atoms with E-state index in [1.165, 1.54) is 10.8 Å². The zero-order valence-corrected chi connectivity index (χ0v) is 34.4. The van der Waals surface area contributed by atoms with Crippen LogP contribution in [-0.4, -0.2) is 18.0 Å². The third-order valence-corrected chi connectivity index (χ3v) is 11.4. The number of rotatable bonds is 7. The monoisotopic (exact) mass is 887 g/mol. The van der Waals surface area contributed by atoms with Crippen molar-refractivity contribution in [1.29, 1.82) is 0 Å². The molecule has 8 aromatic rings. The molecule has 1 unspecified atom stereocenters. The van der Waals surface area contributed by atoms with Crippen molar-refractivity contribution in [3.63, 3.8) is 0 Å². The molecule has 1 radical (unpaired) electrons. The summed E-state index contributed by atoms with van der Waals surface area (Å²) in [6, 6.07) is 51.1. The summed E-state index contributed by atoms with van der Waals surface area (Å²) in [6.07, 6.45) is 3.76. The number of furan rings is 1. The van der Waals surface area contributed by atoms with Crippen LogP contribution in [0, 0.1) is 12.1 Å². The summed E-state index contributed by atoms with van der Waals surface area (Å²) < 4.78 is 23.5. The van der Waals surface area contributed by atoms with Crippen molar-refractivity contribution in [1.82, 2.24) is 9.97 Å². The Bertz CT molecular complexity index is 2540. The van der Waals surface area contributed by atoms with Crippen LogP contribution in [0.2, 0.25) is 19.6 Å². The molecule has 0 saturated heterocycles. The van der Waals surface area contributed by atoms with Crippen LogP contribution in [-0.2, 0) is 20.1 Å². The van der Waals surface area contributed by atoms with Gasteiger partial charge in [-0.15, -0.1) is 59.7 Å². The number of nitrogens with zero attached hydrogens (tertiary/aromatic N) is 2. The molecule has 0 fully saturated rings. The number of hydrogen-bond donors (Lipinski definition) is 0. The molecule has 5 heteroatoms. The van der Waals surface area contributed by atoms with Gasteiger partial charge in [-0.05, 0) is 62.9 Å². The average molecular weight is 887 g/mol. The fourth-order valence-electron chi connectivity index (χ4n) is 6.47. The first-order valence-electron chi connectivity index (χ1n) is 18.7. The SMILES string of the molecule is [2H]C(C)(C)c1ccnc(-c2[c-]cc3oc4ccc(-c5ccccc5)cc4c3c2)c1.[2H]C(C)(c1ccccc1)c1cc(-c2[c-]cccc2)ncc1[Si](C)(C)C.[Ir]. The normalized spacial score (nSPS) is 13.2. The van der Waals surface area contributed by atoms with E-state index in [1.54, 1.807) is 6.20 Å². The van der Waals surface area contributed by atoms with Gasteiger partial charge in [-0.3, -0.25) is 0 Å². The maximum absolute atomic E-state index is 9.17. The minimum absolute atomic E-state index is 0. The Morgan fingerprint density at radius 3 is 2.04 bits per heavy atom. The number of benzene rings is 5. The molecule has 0 aliphatic carbocycles. The second-order valence-electron chi connectivity index (χ2n) is 14.4. The first-order chi connectivity index (χ1) is 25.8. The van der Waals surface area contributed by atoms with E-state index in [0.29, 0.717) is 0 Å². The zero-order valence-electron chi connectivity index (χ0n) is 33.0. The smallest absolute Gasteiger partial charge is 0.121 e. The van der Waals surface area contributed by atoms with Crippen LogP contribution < -0.4 is 5.19 Å². The van der Waals surface area contributed by atoms with Crippen molar-refractivity contribution in [2.24, 2.45) is 0 Å². The Morgan fingerprint density at radius 2 is 1.34 bits per heavy atom. The summed E-state index contributed by atoms with van der Waals surface area (Å²) in [5.41, 5.74) is 10.6. The van der Waals surface area contributed by atoms with Crippen LogP contribution in [0.15, 0.2) is 150 Å². The molecule has 53 heavy (non-hydrogen) atoms. The molecule has 5 aromatic carbocycles. The van der Waals surface area contributed by atoms with Gasteiger partial charge < -0.3 is 14.4 Å². The third-order valence-electron chi connectivity index (χ3n) is 9.43. The molecular weight excluding hydrogens is 841 g/mol. The first kappa shape index (κ1) is 35.1. The van der Waals surface area contributed by atoms with E-state index in [4.69, 9.17) is 10.8 Å². The molecule has 1 atom stereocenters. The number of hydrogen-bond acceptors (Lipinski definition) is 3. The van der Waals surface area contributed by atoms with E-state index in [0.717, 1.165) is 66.7 Å². The molecule has 0 bridgehead atoms. The molecule has 0 spiro atoms. The molecule has 0 amide bonds. The predicted octanol–water partition coefficient (Wildman–Crippen LogP) is 12.5. The molecule has 0 aliphatic heterocycles. The summed E-state index contributed by atoms with van der Waals surface area (Å²) >= 11 is 0. The van der Waals surface area contributed by atoms with Crippen molar-refractivity contribution in [3.8, 4) is 33.6 Å². The van der Waals surface area contributed by atoms with Crippen molar-refractivity contribution in [3.05, 3.63) is 175 Å². The van der Waals surface area contributed by atoms with Gasteiger partial charge in [-0.2, -0.15) is 0 Å². The van der Waals surface area contributed by atoms with E-state index in [2.05, 4.69) is 73.2 Å². The summed E-state index contributed by atoms with van der Waals surface area (Å²) in [6.45, 7) is 12.7. The van der Waals surface area contributed by atoms with Gasteiger partial charge in [0.25, 0.3) is 0 Å². The maximum atomic E-state index is 9.17. The topological polar surface area (TPSA) is 38.9 Å². The van der Waals surface area contributed by atoms with E-state index < -0.39 is 19.9 Å². The standard InChI is InChI=1S/C26H20NO.C22H24NSi.Ir/c1-17(2)19-12-13-27-24(16-19)21-9-11-26-23(15-21)22-14-20(8-10-25(22)28-26)18-6-4-3-5-7-18;1-17(18-11-7-5-8-12-18)20-15-21(19-13-9-6-10-14-19)23-16-22(20)24(2,3)4;/h3-8,10-17H,1-2H3;5-13,15-17H,1-4H3;/q2*-1;/i2*17D;. The van der Waals surface area contributed by atoms with Crippen LogP contribution in [0.3, 0.4) is 0 Å². The molecule has 267 valence electrons. The molecule has 0 aliphatic rings. The van der Waals surface area contributed by atoms with Gasteiger partial charge in [0.15, 0.2) is 0 Å². The van der Waals surface area contributed by atoms with Crippen molar-refractivity contribution < 1.29 is 27.3 Å². The van der Waals surface area contributed by atoms with Crippen molar-refractivity contribution in [2.75, 3.05) is 0 Å². The van der Waals surface area contributed by atoms with E-state index in [-0.39, 0.29) is 20.1 Å². The Morgan fingerprint density at radius 1 is 0.642 bits per heavy atom. The fraction of sp³-hybridized carbons (Fsp3) is 0.167. The van der Waals surface area contributed by atoms with Crippen LogP contribution in [0.25, 0.3) is 55.6 Å². The minimum Gasteiger partial charge on any atom is -0.500 e. The number of pyridine rings is 2. The van der Waals surface area contributed by atoms with Gasteiger partial charge in [0.2, 0.25) is 0 Å². The summed E-state index contributed by atoms with van der Waals surface area (Å²) in [4.78, 5) is 9.22. The average Bonchev–Trinajstić information content (AvgIpc) is 3.55. The van der Waals surface area contributed by atoms with Gasteiger partial charge in [-0.25, -0.2) is 0 Å². The minimum atomic E-state index is -1.64. The number of aromatic nitrogens is 2. The van der Waals surface area contributed by atoms with Crippen molar-refractivity contribution in [2.45, 2.75) is 52.2 Å². The maximum Gasteiger partial charge on any atom is 0.121 e. The van der Waals surface area contributed by atoms with Gasteiger partial charge >= 0.3 is 0 Å². The Hall–Kier alpha value is -4.93. The second-order valence-corrected chi connectivity index (χ2v) is 19.4. The predicted molar refractivity (Wildman–Crippen MR) is 221 cm³/mol. The molecule has 3 heterocycles. The Balaban J connectivity index is 0.000000186. The second kappa shape index (κ2) is 16.4. The molecule has 3 aromatic heterocycles. The van der Waals surface area contributed by atoms with Gasteiger partial charge in [0.05, 0.1) is 13.7 Å². The molecule has 0 N–H and O–H groups in total. The summed E-state index contributed by atoms with van der Waals surface area (Å²) in [7, 11) is -1.64.